The molecular weight excluding hydrogens is 358 g/mol. The molecule has 2 N–H and O–H groups in total. The Bertz CT molecular complexity index is 855. The van der Waals surface area contributed by atoms with E-state index in [-0.39, 0.29) is 5.78 Å². The summed E-state index contributed by atoms with van der Waals surface area (Å²) < 4.78 is 0. The Balaban J connectivity index is 0.00000145. The summed E-state index contributed by atoms with van der Waals surface area (Å²) in [7, 11) is 0. The first kappa shape index (κ1) is 22.7. The topological polar surface area (TPSA) is 58.7 Å². The number of hydrogen-bond donors (Lipinski definition) is 1. The molecule has 1 aliphatic carbocycles. The Hall–Kier alpha value is -2.62. The van der Waals surface area contributed by atoms with Crippen molar-refractivity contribution in [3.8, 4) is 0 Å². The van der Waals surface area contributed by atoms with Crippen molar-refractivity contribution in [2.45, 2.75) is 60.3 Å². The molecule has 0 radical (unpaired) electrons. The predicted molar refractivity (Wildman–Crippen MR) is 125 cm³/mol. The fourth-order valence-electron chi connectivity index (χ4n) is 3.77. The second kappa shape index (κ2) is 10.8. The monoisotopic (exact) mass is 393 g/mol. The van der Waals surface area contributed by atoms with Crippen LogP contribution in [0.4, 0.5) is 11.4 Å². The quantitative estimate of drug-likeness (QED) is 0.657. The molecule has 4 nitrogen and oxygen atoms in total. The van der Waals surface area contributed by atoms with Crippen LogP contribution in [-0.2, 0) is 11.2 Å². The summed E-state index contributed by atoms with van der Waals surface area (Å²) in [6.45, 7) is 11.8. The Kier molecular flexibility index (Phi) is 8.44. The van der Waals surface area contributed by atoms with Crippen molar-refractivity contribution in [3.63, 3.8) is 0 Å². The number of hydrogen-bond acceptors (Lipinski definition) is 4. The molecule has 0 saturated carbocycles. The lowest BCUT2D eigenvalue weighted by molar-refractivity contribution is -0.112. The van der Waals surface area contributed by atoms with Crippen LogP contribution in [0.3, 0.4) is 0 Å². The van der Waals surface area contributed by atoms with Crippen LogP contribution < -0.4 is 10.6 Å². The van der Waals surface area contributed by atoms with E-state index in [4.69, 9.17) is 10.7 Å². The van der Waals surface area contributed by atoms with Crippen molar-refractivity contribution >= 4 is 22.9 Å². The van der Waals surface area contributed by atoms with Crippen LogP contribution in [0.1, 0.15) is 59.4 Å². The molecule has 3 rings (SSSR count). The van der Waals surface area contributed by atoms with E-state index >= 15 is 0 Å². The van der Waals surface area contributed by atoms with Gasteiger partial charge in [0.1, 0.15) is 0 Å². The number of carbonyl (C=O) groups excluding carboxylic acids is 1. The number of benzene rings is 1. The van der Waals surface area contributed by atoms with E-state index < -0.39 is 0 Å². The third kappa shape index (κ3) is 5.47. The van der Waals surface area contributed by atoms with E-state index in [1.807, 2.05) is 13.8 Å². The molecule has 0 saturated heterocycles. The van der Waals surface area contributed by atoms with Gasteiger partial charge in [-0.15, -0.1) is 0 Å². The maximum Gasteiger partial charge on any atom is 0.152 e. The lowest BCUT2D eigenvalue weighted by atomic mass is 9.89. The van der Waals surface area contributed by atoms with Crippen LogP contribution in [0, 0.1) is 0 Å². The SMILES string of the molecule is CC.CCN(CC)c1ccc2c(c1)C/C(=C/C(C)=O)C(C1=CCCCC=C1N)=N2. The fraction of sp³-hybridized carbons (Fsp3) is 0.440. The van der Waals surface area contributed by atoms with Crippen LogP contribution in [0.25, 0.3) is 0 Å². The largest absolute Gasteiger partial charge is 0.398 e. The van der Waals surface area contributed by atoms with Crippen molar-refractivity contribution in [2.75, 3.05) is 18.0 Å². The Morgan fingerprint density at radius 1 is 1.17 bits per heavy atom. The smallest absolute Gasteiger partial charge is 0.152 e. The first-order chi connectivity index (χ1) is 14.0. The number of fused-ring (bicyclic) bond motifs is 1. The number of anilines is 1. The van der Waals surface area contributed by atoms with Crippen LogP contribution in [0.15, 0.2) is 58.3 Å². The van der Waals surface area contributed by atoms with E-state index in [1.54, 1.807) is 13.0 Å². The molecule has 0 spiro atoms. The number of nitrogens with zero attached hydrogens (tertiary/aromatic N) is 2. The van der Waals surface area contributed by atoms with Gasteiger partial charge in [-0.25, -0.2) is 4.99 Å². The summed E-state index contributed by atoms with van der Waals surface area (Å²) in [5.74, 6) is 0.0396. The Labute approximate surface area is 175 Å². The highest BCUT2D eigenvalue weighted by Crippen LogP contribution is 2.35. The molecule has 156 valence electrons. The van der Waals surface area contributed by atoms with Crippen molar-refractivity contribution in [3.05, 3.63) is 58.8 Å². The lowest BCUT2D eigenvalue weighted by Crippen LogP contribution is -2.22. The van der Waals surface area contributed by atoms with Gasteiger partial charge in [-0.05, 0) is 75.4 Å². The van der Waals surface area contributed by atoms with Crippen molar-refractivity contribution in [1.29, 1.82) is 0 Å². The molecule has 0 amide bonds. The van der Waals surface area contributed by atoms with Gasteiger partial charge in [0.2, 0.25) is 0 Å². The maximum atomic E-state index is 11.9. The van der Waals surface area contributed by atoms with Crippen LogP contribution >= 0.6 is 0 Å². The zero-order chi connectivity index (χ0) is 21.4. The van der Waals surface area contributed by atoms with Crippen LogP contribution in [-0.4, -0.2) is 24.6 Å². The number of ketones is 1. The minimum atomic E-state index is 0.0396. The molecular formula is C25H35N3O. The predicted octanol–water partition coefficient (Wildman–Crippen LogP) is 5.66. The van der Waals surface area contributed by atoms with Gasteiger partial charge in [0.05, 0.1) is 11.4 Å². The molecule has 2 aliphatic rings. The average Bonchev–Trinajstić information content (AvgIpc) is 2.94. The Morgan fingerprint density at radius 2 is 1.86 bits per heavy atom. The van der Waals surface area contributed by atoms with Gasteiger partial charge in [0.25, 0.3) is 0 Å². The van der Waals surface area contributed by atoms with Gasteiger partial charge in [-0.2, -0.15) is 0 Å². The summed E-state index contributed by atoms with van der Waals surface area (Å²) in [6.07, 6.45) is 9.71. The van der Waals surface area contributed by atoms with Gasteiger partial charge in [0.15, 0.2) is 5.78 Å². The minimum Gasteiger partial charge on any atom is -0.398 e. The van der Waals surface area contributed by atoms with E-state index in [2.05, 4.69) is 49.1 Å². The standard InChI is InChI=1S/C23H29N3O.C2H6/c1-4-26(5-2)19-11-12-22-17(15-19)14-18(13-16(3)27)23(25-22)20-9-7-6-8-10-21(20)24;1-2/h9-13,15H,4-8,14,24H2,1-3H3;1-2H3/b18-13-;. The molecule has 1 aromatic rings. The van der Waals surface area contributed by atoms with Gasteiger partial charge in [-0.3, -0.25) is 4.79 Å². The molecule has 4 heteroatoms. The molecule has 0 aromatic heterocycles. The highest BCUT2D eigenvalue weighted by molar-refractivity contribution is 6.19. The van der Waals surface area contributed by atoms with Gasteiger partial charge >= 0.3 is 0 Å². The lowest BCUT2D eigenvalue weighted by Gasteiger charge is -2.25. The molecule has 0 bridgehead atoms. The fourth-order valence-corrected chi connectivity index (χ4v) is 3.77. The van der Waals surface area contributed by atoms with Crippen molar-refractivity contribution in [2.24, 2.45) is 10.7 Å². The summed E-state index contributed by atoms with van der Waals surface area (Å²) in [4.78, 5) is 19.1. The maximum absolute atomic E-state index is 11.9. The summed E-state index contributed by atoms with van der Waals surface area (Å²) in [5, 5.41) is 0. The molecule has 0 unspecified atom stereocenters. The third-order valence-corrected chi connectivity index (χ3v) is 5.17. The summed E-state index contributed by atoms with van der Waals surface area (Å²) in [6, 6.07) is 6.43. The normalized spacial score (nSPS) is 17.1. The van der Waals surface area contributed by atoms with E-state index in [1.165, 1.54) is 5.69 Å². The van der Waals surface area contributed by atoms with Crippen LogP contribution in [0.2, 0.25) is 0 Å². The molecule has 1 aliphatic heterocycles. The minimum absolute atomic E-state index is 0.0396. The highest BCUT2D eigenvalue weighted by atomic mass is 16.1. The number of allylic oxidation sites excluding steroid dienone is 5. The molecule has 0 fully saturated rings. The highest BCUT2D eigenvalue weighted by Gasteiger charge is 2.23. The second-order valence-corrected chi connectivity index (χ2v) is 7.11. The molecule has 1 aromatic carbocycles. The third-order valence-electron chi connectivity index (χ3n) is 5.17. The molecule has 0 atom stereocenters. The van der Waals surface area contributed by atoms with Gasteiger partial charge < -0.3 is 10.6 Å². The first-order valence-corrected chi connectivity index (χ1v) is 10.9. The van der Waals surface area contributed by atoms with E-state index in [9.17, 15) is 4.79 Å². The number of aliphatic imine (C=N–C) groups is 1. The number of carbonyl (C=O) groups is 1. The van der Waals surface area contributed by atoms with E-state index in [0.717, 1.165) is 66.2 Å². The summed E-state index contributed by atoms with van der Waals surface area (Å²) >= 11 is 0. The zero-order valence-electron chi connectivity index (χ0n) is 18.6. The average molecular weight is 394 g/mol. The Morgan fingerprint density at radius 3 is 2.52 bits per heavy atom. The zero-order valence-corrected chi connectivity index (χ0v) is 18.6. The van der Waals surface area contributed by atoms with E-state index in [0.29, 0.717) is 6.42 Å². The van der Waals surface area contributed by atoms with Crippen LogP contribution in [0.5, 0.6) is 0 Å². The van der Waals surface area contributed by atoms with Gasteiger partial charge in [-0.1, -0.05) is 26.0 Å². The van der Waals surface area contributed by atoms with Crippen molar-refractivity contribution in [1.82, 2.24) is 0 Å². The number of rotatable bonds is 5. The molecule has 1 heterocycles. The summed E-state index contributed by atoms with van der Waals surface area (Å²) in [5.41, 5.74) is 13.2. The van der Waals surface area contributed by atoms with Gasteiger partial charge in [0, 0.05) is 36.5 Å². The number of nitrogens with two attached hydrogens (primary N) is 1. The second-order valence-electron chi connectivity index (χ2n) is 7.11. The van der Waals surface area contributed by atoms with Crippen molar-refractivity contribution < 1.29 is 4.79 Å². The molecule has 29 heavy (non-hydrogen) atoms. The first-order valence-electron chi connectivity index (χ1n) is 10.9.